The van der Waals surface area contributed by atoms with E-state index in [1.165, 1.54) is 50.1 Å². The van der Waals surface area contributed by atoms with Crippen molar-refractivity contribution in [2.45, 2.75) is 11.6 Å². The molecule has 13 rings (SSSR count). The molecule has 10 aromatic carbocycles. The lowest BCUT2D eigenvalue weighted by Gasteiger charge is -2.39. The van der Waals surface area contributed by atoms with Crippen LogP contribution in [-0.2, 0) is 5.41 Å². The Morgan fingerprint density at radius 3 is 1.41 bits per heavy atom. The molecule has 68 heavy (non-hydrogen) atoms. The second kappa shape index (κ2) is 16.2. The number of aliphatic imine (C=N–C) groups is 2. The zero-order valence-electron chi connectivity index (χ0n) is 37.1. The summed E-state index contributed by atoms with van der Waals surface area (Å²) < 4.78 is 6.55. The molecule has 0 amide bonds. The highest BCUT2D eigenvalue weighted by atomic mass is 16.5. The highest BCUT2D eigenvalue weighted by molar-refractivity contribution is 6.13. The summed E-state index contributed by atoms with van der Waals surface area (Å²) in [5, 5.41) is 3.63. The number of ether oxygens (including phenoxy) is 1. The van der Waals surface area contributed by atoms with E-state index in [9.17, 15) is 0 Å². The Labute approximate surface area is 396 Å². The molecular weight excluding hydrogens is 827 g/mol. The molecule has 10 aromatic rings. The van der Waals surface area contributed by atoms with Gasteiger partial charge in [-0.3, -0.25) is 0 Å². The van der Waals surface area contributed by atoms with E-state index >= 15 is 0 Å². The molecule has 3 aliphatic rings. The summed E-state index contributed by atoms with van der Waals surface area (Å²) >= 11 is 0. The minimum absolute atomic E-state index is 0.288. The molecule has 0 saturated carbocycles. The van der Waals surface area contributed by atoms with Crippen LogP contribution in [0.4, 0.5) is 0 Å². The zero-order valence-corrected chi connectivity index (χ0v) is 37.1. The molecular formula is C64H43N3O. The smallest absolute Gasteiger partial charge is 0.159 e. The van der Waals surface area contributed by atoms with Gasteiger partial charge in [0, 0.05) is 22.3 Å². The Balaban J connectivity index is 0.838. The van der Waals surface area contributed by atoms with Crippen molar-refractivity contribution in [1.82, 2.24) is 5.32 Å². The van der Waals surface area contributed by atoms with Crippen LogP contribution in [0.1, 0.15) is 45.1 Å². The average molecular weight is 870 g/mol. The Morgan fingerprint density at radius 2 is 0.779 bits per heavy atom. The quantitative estimate of drug-likeness (QED) is 0.173. The Kier molecular flexibility index (Phi) is 9.43. The highest BCUT2D eigenvalue weighted by Crippen LogP contribution is 2.62. The Hall–Kier alpha value is -8.86. The standard InChI is InChI=1S/C64H43N3O/c1-3-16-42(17-4-1)43-32-34-45(35-33-43)62-65-61(44-18-5-2-6-19-44)66-63(67-62)52-25-15-24-50(40-52)48-22-13-20-46(38-48)47-21-14-23-49(39-47)51-36-37-56-54(41-51)53-26-7-8-27-55(53)64(56)57-28-9-11-30-59(57)68-60-31-12-10-29-58(60)64/h1-41,61H,(H,65,66,67). The first kappa shape index (κ1) is 39.5. The van der Waals surface area contributed by atoms with E-state index in [1.807, 2.05) is 12.1 Å². The van der Waals surface area contributed by atoms with Gasteiger partial charge in [-0.05, 0) is 109 Å². The first-order valence-electron chi connectivity index (χ1n) is 23.2. The second-order valence-electron chi connectivity index (χ2n) is 17.7. The largest absolute Gasteiger partial charge is 0.457 e. The predicted octanol–water partition coefficient (Wildman–Crippen LogP) is 15.3. The van der Waals surface area contributed by atoms with E-state index in [1.54, 1.807) is 0 Å². The van der Waals surface area contributed by atoms with E-state index < -0.39 is 5.41 Å². The monoisotopic (exact) mass is 869 g/mol. The molecule has 0 fully saturated rings. The molecule has 2 aliphatic heterocycles. The summed E-state index contributed by atoms with van der Waals surface area (Å²) in [5.41, 5.74) is 19.2. The summed E-state index contributed by atoms with van der Waals surface area (Å²) in [4.78, 5) is 10.4. The first-order valence-corrected chi connectivity index (χ1v) is 23.2. The summed E-state index contributed by atoms with van der Waals surface area (Å²) in [5.74, 6) is 3.29. The Morgan fingerprint density at radius 1 is 0.338 bits per heavy atom. The third kappa shape index (κ3) is 6.60. The summed E-state index contributed by atoms with van der Waals surface area (Å²) in [7, 11) is 0. The van der Waals surface area contributed by atoms with E-state index in [2.05, 4.69) is 242 Å². The molecule has 4 nitrogen and oxygen atoms in total. The van der Waals surface area contributed by atoms with E-state index in [0.29, 0.717) is 5.84 Å². The molecule has 0 saturated heterocycles. The van der Waals surface area contributed by atoms with Crippen molar-refractivity contribution in [3.8, 4) is 67.1 Å². The van der Waals surface area contributed by atoms with Crippen molar-refractivity contribution in [3.05, 3.63) is 288 Å². The summed E-state index contributed by atoms with van der Waals surface area (Å²) in [6.07, 6.45) is -0.288. The van der Waals surface area contributed by atoms with Crippen LogP contribution < -0.4 is 10.1 Å². The van der Waals surface area contributed by atoms with Crippen LogP contribution in [0.3, 0.4) is 0 Å². The third-order valence-electron chi connectivity index (χ3n) is 13.8. The van der Waals surface area contributed by atoms with Gasteiger partial charge in [0.1, 0.15) is 23.5 Å². The number of benzene rings is 10. The maximum Gasteiger partial charge on any atom is 0.159 e. The van der Waals surface area contributed by atoms with Crippen molar-refractivity contribution >= 4 is 11.7 Å². The van der Waals surface area contributed by atoms with Crippen LogP contribution in [0.5, 0.6) is 11.5 Å². The van der Waals surface area contributed by atoms with Gasteiger partial charge in [0.2, 0.25) is 0 Å². The van der Waals surface area contributed by atoms with E-state index in [0.717, 1.165) is 61.8 Å². The number of nitrogens with zero attached hydrogens (tertiary/aromatic N) is 2. The normalized spacial score (nSPS) is 14.9. The van der Waals surface area contributed by atoms with Crippen molar-refractivity contribution in [1.29, 1.82) is 0 Å². The number of hydrogen-bond acceptors (Lipinski definition) is 4. The van der Waals surface area contributed by atoms with Gasteiger partial charge >= 0.3 is 0 Å². The van der Waals surface area contributed by atoms with Crippen molar-refractivity contribution in [2.75, 3.05) is 0 Å². The average Bonchev–Trinajstić information content (AvgIpc) is 3.71. The van der Waals surface area contributed by atoms with Crippen molar-refractivity contribution in [3.63, 3.8) is 0 Å². The van der Waals surface area contributed by atoms with Gasteiger partial charge in [-0.1, -0.05) is 212 Å². The van der Waals surface area contributed by atoms with Crippen LogP contribution in [0, 0.1) is 0 Å². The number of fused-ring (bicyclic) bond motifs is 9. The van der Waals surface area contributed by atoms with E-state index in [4.69, 9.17) is 14.7 Å². The fourth-order valence-corrected chi connectivity index (χ4v) is 10.6. The maximum atomic E-state index is 6.55. The summed E-state index contributed by atoms with van der Waals surface area (Å²) in [6.45, 7) is 0. The maximum absolute atomic E-state index is 6.55. The summed E-state index contributed by atoms with van der Waals surface area (Å²) in [6, 6.07) is 88.8. The topological polar surface area (TPSA) is 46.0 Å². The van der Waals surface area contributed by atoms with E-state index in [-0.39, 0.29) is 6.17 Å². The predicted molar refractivity (Wildman–Crippen MR) is 277 cm³/mol. The third-order valence-corrected chi connectivity index (χ3v) is 13.8. The lowest BCUT2D eigenvalue weighted by molar-refractivity contribution is 0.436. The fraction of sp³-hybridized carbons (Fsp3) is 0.0312. The van der Waals surface area contributed by atoms with Gasteiger partial charge in [0.15, 0.2) is 5.84 Å². The van der Waals surface area contributed by atoms with Crippen molar-refractivity contribution in [2.24, 2.45) is 9.98 Å². The molecule has 1 atom stereocenters. The SMILES string of the molecule is c1ccc(-c2ccc(C3=NC(c4cccc(-c5cccc(-c6cccc(-c7ccc8c(c7)-c7ccccc7C87c8ccccc8Oc8ccccc87)c6)c5)c4)=NC(c4ccccc4)N3)cc2)cc1. The second-order valence-corrected chi connectivity index (χ2v) is 17.7. The fourth-order valence-electron chi connectivity index (χ4n) is 10.6. The molecule has 2 heterocycles. The van der Waals surface area contributed by atoms with Gasteiger partial charge in [0.05, 0.1) is 5.41 Å². The molecule has 0 bridgehead atoms. The lowest BCUT2D eigenvalue weighted by Crippen LogP contribution is -2.33. The molecule has 1 aliphatic carbocycles. The number of amidine groups is 2. The zero-order chi connectivity index (χ0) is 45.0. The molecule has 0 radical (unpaired) electrons. The number of hydrogen-bond donors (Lipinski definition) is 1. The van der Waals surface area contributed by atoms with Crippen LogP contribution in [0.25, 0.3) is 55.6 Å². The number of nitrogens with one attached hydrogen (secondary N) is 1. The van der Waals surface area contributed by atoms with Gasteiger partial charge < -0.3 is 10.1 Å². The van der Waals surface area contributed by atoms with Crippen molar-refractivity contribution < 1.29 is 4.74 Å². The molecule has 320 valence electrons. The van der Waals surface area contributed by atoms with Gasteiger partial charge in [-0.2, -0.15) is 0 Å². The number of para-hydroxylation sites is 2. The van der Waals surface area contributed by atoms with Crippen LogP contribution in [-0.4, -0.2) is 11.7 Å². The van der Waals surface area contributed by atoms with Crippen LogP contribution >= 0.6 is 0 Å². The minimum atomic E-state index is -0.483. The minimum Gasteiger partial charge on any atom is -0.457 e. The lowest BCUT2D eigenvalue weighted by atomic mass is 9.66. The van der Waals surface area contributed by atoms with Crippen LogP contribution in [0.15, 0.2) is 259 Å². The van der Waals surface area contributed by atoms with Gasteiger partial charge in [0.25, 0.3) is 0 Å². The number of rotatable bonds is 7. The molecule has 1 unspecified atom stereocenters. The molecule has 1 spiro atoms. The first-order chi connectivity index (χ1) is 33.7. The van der Waals surface area contributed by atoms with Gasteiger partial charge in [-0.25, -0.2) is 9.98 Å². The molecule has 0 aromatic heterocycles. The van der Waals surface area contributed by atoms with Gasteiger partial charge in [-0.15, -0.1) is 0 Å². The van der Waals surface area contributed by atoms with Crippen LogP contribution in [0.2, 0.25) is 0 Å². The highest BCUT2D eigenvalue weighted by Gasteiger charge is 2.51. The molecule has 4 heteroatoms. The Bertz CT molecular complexity index is 3580. The molecule has 1 N–H and O–H groups in total.